The average Bonchev–Trinajstić information content (AvgIpc) is 1.72. The second kappa shape index (κ2) is 40.1. The molecule has 7 aromatic rings. The molecule has 110 heavy (non-hydrogen) atoms. The average molecular weight is 1500 g/mol. The van der Waals surface area contributed by atoms with Crippen LogP contribution in [-0.2, 0) is 85.2 Å². The summed E-state index contributed by atoms with van der Waals surface area (Å²) in [5.74, 6) is -3.42. The molecule has 4 saturated heterocycles. The summed E-state index contributed by atoms with van der Waals surface area (Å²) in [7, 11) is 3.46. The molecule has 22 heteroatoms. The minimum Gasteiger partial charge on any atom is -0.375 e. The van der Waals surface area contributed by atoms with Gasteiger partial charge in [0.25, 0.3) is 11.8 Å². The van der Waals surface area contributed by atoms with Crippen LogP contribution in [0.2, 0.25) is 0 Å². The van der Waals surface area contributed by atoms with Crippen LogP contribution in [0.25, 0.3) is 0 Å². The highest BCUT2D eigenvalue weighted by Crippen LogP contribution is 2.40. The number of hydrogen-bond donors (Lipinski definition) is 10. The summed E-state index contributed by atoms with van der Waals surface area (Å²) in [6.45, 7) is 7.35. The fourth-order valence-corrected chi connectivity index (χ4v) is 16.5. The van der Waals surface area contributed by atoms with Gasteiger partial charge < -0.3 is 72.4 Å². The van der Waals surface area contributed by atoms with Crippen molar-refractivity contribution in [1.82, 2.24) is 63.0 Å². The Morgan fingerprint density at radius 2 is 0.727 bits per heavy atom. The van der Waals surface area contributed by atoms with E-state index in [1.807, 2.05) is 196 Å². The van der Waals surface area contributed by atoms with Gasteiger partial charge in [0.05, 0.1) is 38.5 Å². The molecule has 7 aromatic carbocycles. The Labute approximate surface area is 647 Å². The molecule has 4 aliphatic heterocycles. The molecule has 10 atom stereocenters. The van der Waals surface area contributed by atoms with E-state index < -0.39 is 71.0 Å². The predicted octanol–water partition coefficient (Wildman–Crippen LogP) is 7.94. The molecule has 4 heterocycles. The molecule has 0 radical (unpaired) electrons. The first-order valence-corrected chi connectivity index (χ1v) is 39.5. The Morgan fingerprint density at radius 1 is 0.409 bits per heavy atom. The number of rotatable bonds is 38. The largest absolute Gasteiger partial charge is 0.375 e. The summed E-state index contributed by atoms with van der Waals surface area (Å²) in [5, 5.41) is 32.2. The van der Waals surface area contributed by atoms with Crippen LogP contribution in [0.15, 0.2) is 206 Å². The van der Waals surface area contributed by atoms with Crippen LogP contribution < -0.4 is 53.2 Å². The van der Waals surface area contributed by atoms with Crippen molar-refractivity contribution in [3.8, 4) is 0 Å². The van der Waals surface area contributed by atoms with Gasteiger partial charge in [0.2, 0.25) is 35.4 Å². The van der Waals surface area contributed by atoms with Crippen LogP contribution in [-0.4, -0.2) is 159 Å². The van der Waals surface area contributed by atoms with Crippen molar-refractivity contribution in [3.63, 3.8) is 0 Å². The Hall–Kier alpha value is -9.94. The van der Waals surface area contributed by atoms with Gasteiger partial charge in [-0.3, -0.25) is 38.4 Å². The summed E-state index contributed by atoms with van der Waals surface area (Å²) in [4.78, 5) is 123. The Kier molecular flexibility index (Phi) is 29.6. The van der Waals surface area contributed by atoms with Gasteiger partial charge in [0.1, 0.15) is 24.2 Å². The highest BCUT2D eigenvalue weighted by Gasteiger charge is 2.53. The maximum Gasteiger partial charge on any atom is 0.255 e. The van der Waals surface area contributed by atoms with E-state index in [0.29, 0.717) is 125 Å². The van der Waals surface area contributed by atoms with Gasteiger partial charge in [0.15, 0.2) is 11.1 Å². The first kappa shape index (κ1) is 81.1. The van der Waals surface area contributed by atoms with Gasteiger partial charge in [-0.05, 0) is 161 Å². The standard InChI is InChI=1S/C88H110N12O10/c1-5-73(89-3)79(101)95-77-65(49-51-91-57-61-25-13-7-14-26-61)41-43-71-45-47-75(99(71)83(77)105)81(103)97-87(67-29-17-9-18-30-67,68-31-19-10-20-32-68)85(107)93-53-55-109-59-63-37-39-64(40-38-63)60-110-56-54-94-86(108)88(69-33-21-11-22-34-69,70-35-23-12-24-36-70)98-82(104)76-48-46-72-44-42-66(50-52-92-58-62-27-15-8-16-28-62)78(84(106)100(72)76)96-80(102)74(6-2)90-4/h7-40,65-66,71-78,89-92H,5-6,41-60H2,1-4H3,(H,93,107)(H,94,108)(H,95,101)(H,96,102)(H,97,103)(H,98,104)/t65-,66-,71+,72+,73+,74+,75+,76+,77+,78+/m1/s1. The third kappa shape index (κ3) is 19.8. The maximum atomic E-state index is 15.3. The normalized spacial score (nSPS) is 20.4. The van der Waals surface area contributed by atoms with Crippen molar-refractivity contribution >= 4 is 47.3 Å². The molecule has 582 valence electrons. The van der Waals surface area contributed by atoms with Crippen LogP contribution in [0.4, 0.5) is 0 Å². The van der Waals surface area contributed by atoms with Gasteiger partial charge in [-0.15, -0.1) is 0 Å². The van der Waals surface area contributed by atoms with E-state index in [1.165, 1.54) is 0 Å². The summed E-state index contributed by atoms with van der Waals surface area (Å²) < 4.78 is 12.3. The second-order valence-corrected chi connectivity index (χ2v) is 29.4. The minimum absolute atomic E-state index is 0.1000. The number of fused-ring (bicyclic) bond motifs is 2. The van der Waals surface area contributed by atoms with Crippen molar-refractivity contribution in [2.75, 3.05) is 53.5 Å². The predicted molar refractivity (Wildman–Crippen MR) is 424 cm³/mol. The van der Waals surface area contributed by atoms with Crippen molar-refractivity contribution in [2.24, 2.45) is 11.8 Å². The number of carbonyl (C=O) groups excluding carboxylic acids is 8. The molecular formula is C88H110N12O10. The maximum absolute atomic E-state index is 15.3. The molecule has 0 saturated carbocycles. The van der Waals surface area contributed by atoms with Crippen LogP contribution in [0.5, 0.6) is 0 Å². The zero-order valence-corrected chi connectivity index (χ0v) is 63.9. The van der Waals surface area contributed by atoms with Crippen LogP contribution in [0, 0.1) is 11.8 Å². The van der Waals surface area contributed by atoms with E-state index in [4.69, 9.17) is 9.47 Å². The first-order valence-electron chi connectivity index (χ1n) is 39.5. The quantitative estimate of drug-likeness (QED) is 0.0165. The highest BCUT2D eigenvalue weighted by atomic mass is 16.5. The molecule has 8 amide bonds. The van der Waals surface area contributed by atoms with Crippen LogP contribution in [0.1, 0.15) is 135 Å². The molecule has 0 bridgehead atoms. The molecule has 4 aliphatic rings. The lowest BCUT2D eigenvalue weighted by Crippen LogP contribution is -2.62. The number of hydrogen-bond acceptors (Lipinski definition) is 14. The van der Waals surface area contributed by atoms with Crippen molar-refractivity contribution in [1.29, 1.82) is 0 Å². The van der Waals surface area contributed by atoms with E-state index in [2.05, 4.69) is 77.4 Å². The van der Waals surface area contributed by atoms with E-state index in [1.54, 1.807) is 23.9 Å². The molecular weight excluding hydrogens is 1390 g/mol. The summed E-state index contributed by atoms with van der Waals surface area (Å²) in [6, 6.07) is 59.4. The van der Waals surface area contributed by atoms with E-state index in [-0.39, 0.29) is 87.1 Å². The second-order valence-electron chi connectivity index (χ2n) is 29.4. The number of amides is 8. The minimum atomic E-state index is -1.73. The highest BCUT2D eigenvalue weighted by molar-refractivity contribution is 6.01. The van der Waals surface area contributed by atoms with Crippen molar-refractivity contribution in [2.45, 2.75) is 177 Å². The summed E-state index contributed by atoms with van der Waals surface area (Å²) in [6.07, 6.45) is 6.94. The number of nitrogens with zero attached hydrogens (tertiary/aromatic N) is 2. The fourth-order valence-electron chi connectivity index (χ4n) is 16.5. The Balaban J connectivity index is 0.701. The Morgan fingerprint density at radius 3 is 1.05 bits per heavy atom. The first-order chi connectivity index (χ1) is 53.7. The lowest BCUT2D eigenvalue weighted by Gasteiger charge is -2.38. The third-order valence-corrected chi connectivity index (χ3v) is 22.6. The number of nitrogens with one attached hydrogen (secondary N) is 10. The lowest BCUT2D eigenvalue weighted by atomic mass is 9.81. The SMILES string of the molecule is CC[C@H](NC)C(=O)N[C@@H]1C(=O)N2[C@@H](CC[C@@H]1CCNCc1ccccc1)CC[C@H]2C(=O)NC(C(=O)NCCOCc1ccc(COCCNC(=O)C(NC(=O)[C@@H]2CC[C@@H]3CC[C@H](CCNCc4ccccc4)[C@H](NC(=O)[C@H](CC)NC)C(=O)N32)(c2ccccc2)c2ccccc2)cc1)(c1ccccc1)c1ccccc1. The van der Waals surface area contributed by atoms with Gasteiger partial charge in [-0.2, -0.15) is 0 Å². The zero-order chi connectivity index (χ0) is 77.2. The fraction of sp³-hybridized carbons (Fsp3) is 0.432. The summed E-state index contributed by atoms with van der Waals surface area (Å²) >= 11 is 0. The van der Waals surface area contributed by atoms with Crippen molar-refractivity contribution < 1.29 is 47.8 Å². The number of carbonyl (C=O) groups is 8. The molecule has 0 aliphatic carbocycles. The number of likely N-dealkylation sites (N-methyl/N-ethyl adjacent to an activating group) is 2. The van der Waals surface area contributed by atoms with Crippen LogP contribution in [0.3, 0.4) is 0 Å². The molecule has 10 N–H and O–H groups in total. The monoisotopic (exact) mass is 1490 g/mol. The van der Waals surface area contributed by atoms with Gasteiger partial charge in [0, 0.05) is 38.3 Å². The van der Waals surface area contributed by atoms with Gasteiger partial charge in [-0.25, -0.2) is 0 Å². The summed E-state index contributed by atoms with van der Waals surface area (Å²) in [5.41, 5.74) is 2.69. The van der Waals surface area contributed by atoms with E-state index >= 15 is 28.8 Å². The molecule has 0 unspecified atom stereocenters. The zero-order valence-electron chi connectivity index (χ0n) is 63.9. The van der Waals surface area contributed by atoms with Crippen LogP contribution >= 0.6 is 0 Å². The lowest BCUT2D eigenvalue weighted by molar-refractivity contribution is -0.145. The van der Waals surface area contributed by atoms with Gasteiger partial charge >= 0.3 is 0 Å². The smallest absolute Gasteiger partial charge is 0.255 e. The molecule has 0 aromatic heterocycles. The van der Waals surface area contributed by atoms with E-state index in [9.17, 15) is 9.59 Å². The molecule has 22 nitrogen and oxygen atoms in total. The molecule has 11 rings (SSSR count). The number of ether oxygens (including phenoxy) is 2. The van der Waals surface area contributed by atoms with Crippen molar-refractivity contribution in [3.05, 3.63) is 251 Å². The third-order valence-electron chi connectivity index (χ3n) is 22.6. The van der Waals surface area contributed by atoms with Gasteiger partial charge in [-0.1, -0.05) is 220 Å². The topological polar surface area (TPSA) is 282 Å². The molecule has 0 spiro atoms. The van der Waals surface area contributed by atoms with E-state index in [0.717, 1.165) is 22.3 Å². The number of benzene rings is 7. The molecule has 4 fully saturated rings. The Bertz CT molecular complexity index is 3760.